The van der Waals surface area contributed by atoms with Gasteiger partial charge in [0.25, 0.3) is 0 Å². The number of hydrogen-bond donors (Lipinski definition) is 0. The lowest BCUT2D eigenvalue weighted by Gasteiger charge is -2.43. The van der Waals surface area contributed by atoms with Crippen LogP contribution in [0.1, 0.15) is 33.3 Å². The number of ether oxygens (including phenoxy) is 5. The number of benzene rings is 1. The molecule has 8 nitrogen and oxygen atoms in total. The van der Waals surface area contributed by atoms with Gasteiger partial charge >= 0.3 is 17.9 Å². The Labute approximate surface area is 164 Å². The van der Waals surface area contributed by atoms with E-state index in [1.807, 2.05) is 37.3 Å². The van der Waals surface area contributed by atoms with Crippen LogP contribution in [-0.4, -0.2) is 49.1 Å². The van der Waals surface area contributed by atoms with E-state index in [4.69, 9.17) is 23.7 Å². The summed E-state index contributed by atoms with van der Waals surface area (Å²) < 4.78 is 27.5. The molecule has 0 amide bonds. The monoisotopic (exact) mass is 394 g/mol. The lowest BCUT2D eigenvalue weighted by Crippen LogP contribution is -2.58. The Bertz CT molecular complexity index is 674. The molecule has 2 rings (SSSR count). The van der Waals surface area contributed by atoms with Gasteiger partial charge in [0.05, 0.1) is 6.61 Å². The van der Waals surface area contributed by atoms with Crippen LogP contribution in [0.5, 0.6) is 0 Å². The molecule has 0 radical (unpaired) electrons. The molecule has 0 bridgehead atoms. The molecule has 8 heteroatoms. The molecule has 1 aromatic carbocycles. The number of rotatable bonds is 7. The zero-order valence-corrected chi connectivity index (χ0v) is 16.5. The van der Waals surface area contributed by atoms with Gasteiger partial charge in [-0.05, 0) is 5.56 Å². The van der Waals surface area contributed by atoms with Crippen LogP contribution < -0.4 is 0 Å². The summed E-state index contributed by atoms with van der Waals surface area (Å²) in [5.74, 6) is -1.91. The molecule has 0 N–H and O–H groups in total. The lowest BCUT2D eigenvalue weighted by molar-refractivity contribution is -0.291. The SMILES string of the molecule is CC(=O)OC[C@@H]1O[C@@H](OC(C)=O)[C@@H](OC(C)=O)[C@H](OCc2ccccc2)[C@H]1C. The summed E-state index contributed by atoms with van der Waals surface area (Å²) >= 11 is 0. The topological polar surface area (TPSA) is 97.4 Å². The zero-order valence-electron chi connectivity index (χ0n) is 16.5. The first-order valence-corrected chi connectivity index (χ1v) is 9.06. The molecular weight excluding hydrogens is 368 g/mol. The van der Waals surface area contributed by atoms with Crippen molar-refractivity contribution < 1.29 is 38.1 Å². The van der Waals surface area contributed by atoms with E-state index in [0.717, 1.165) is 5.56 Å². The van der Waals surface area contributed by atoms with Crippen molar-refractivity contribution in [3.63, 3.8) is 0 Å². The van der Waals surface area contributed by atoms with Gasteiger partial charge < -0.3 is 23.7 Å². The first-order chi connectivity index (χ1) is 13.3. The number of carbonyl (C=O) groups excluding carboxylic acids is 3. The molecule has 1 heterocycles. The summed E-state index contributed by atoms with van der Waals surface area (Å²) in [7, 11) is 0. The third kappa shape index (κ3) is 6.31. The molecular formula is C20H26O8. The first kappa shape index (κ1) is 21.8. The van der Waals surface area contributed by atoms with E-state index >= 15 is 0 Å². The van der Waals surface area contributed by atoms with Crippen LogP contribution in [0, 0.1) is 5.92 Å². The highest BCUT2D eigenvalue weighted by Gasteiger charge is 2.48. The second-order valence-corrected chi connectivity index (χ2v) is 6.65. The van der Waals surface area contributed by atoms with Gasteiger partial charge in [0.1, 0.15) is 18.8 Å². The molecule has 28 heavy (non-hydrogen) atoms. The van der Waals surface area contributed by atoms with Crippen LogP contribution in [-0.2, 0) is 44.7 Å². The van der Waals surface area contributed by atoms with Crippen LogP contribution in [0.4, 0.5) is 0 Å². The van der Waals surface area contributed by atoms with Gasteiger partial charge in [0.2, 0.25) is 6.29 Å². The predicted molar refractivity (Wildman–Crippen MR) is 96.8 cm³/mol. The maximum atomic E-state index is 11.6. The summed E-state index contributed by atoms with van der Waals surface area (Å²) in [6.45, 7) is 5.85. The molecule has 5 atom stereocenters. The average Bonchev–Trinajstić information content (AvgIpc) is 2.62. The van der Waals surface area contributed by atoms with Gasteiger partial charge in [0, 0.05) is 26.7 Å². The summed E-state index contributed by atoms with van der Waals surface area (Å²) in [5, 5.41) is 0. The fourth-order valence-corrected chi connectivity index (χ4v) is 3.02. The van der Waals surface area contributed by atoms with Crippen molar-refractivity contribution in [2.75, 3.05) is 6.61 Å². The maximum Gasteiger partial charge on any atom is 0.305 e. The fraction of sp³-hybridized carbons (Fsp3) is 0.550. The molecule has 0 unspecified atom stereocenters. The Hall–Kier alpha value is -2.45. The first-order valence-electron chi connectivity index (χ1n) is 9.06. The Morgan fingerprint density at radius 1 is 0.929 bits per heavy atom. The van der Waals surface area contributed by atoms with Gasteiger partial charge in [-0.25, -0.2) is 0 Å². The number of esters is 3. The molecule has 154 valence electrons. The Balaban J connectivity index is 2.23. The van der Waals surface area contributed by atoms with E-state index < -0.39 is 42.5 Å². The number of carbonyl (C=O) groups is 3. The highest BCUT2D eigenvalue weighted by molar-refractivity contribution is 5.67. The molecule has 1 saturated heterocycles. The summed E-state index contributed by atoms with van der Waals surface area (Å²) in [5.41, 5.74) is 0.934. The summed E-state index contributed by atoms with van der Waals surface area (Å²) in [6.07, 6.45) is -3.35. The number of hydrogen-bond acceptors (Lipinski definition) is 8. The minimum atomic E-state index is -1.17. The highest BCUT2D eigenvalue weighted by Crippen LogP contribution is 2.32. The minimum absolute atomic E-state index is 0.0355. The van der Waals surface area contributed by atoms with E-state index in [9.17, 15) is 14.4 Å². The molecule has 0 aromatic heterocycles. The van der Waals surface area contributed by atoms with Crippen LogP contribution in [0.15, 0.2) is 30.3 Å². The predicted octanol–water partition coefficient (Wildman–Crippen LogP) is 1.99. The molecule has 1 aliphatic rings. The highest BCUT2D eigenvalue weighted by atomic mass is 16.7. The molecule has 0 spiro atoms. The Morgan fingerprint density at radius 3 is 2.14 bits per heavy atom. The van der Waals surface area contributed by atoms with Gasteiger partial charge in [-0.1, -0.05) is 37.3 Å². The van der Waals surface area contributed by atoms with Crippen molar-refractivity contribution in [2.24, 2.45) is 5.92 Å². The van der Waals surface area contributed by atoms with Crippen molar-refractivity contribution >= 4 is 17.9 Å². The van der Waals surface area contributed by atoms with Crippen molar-refractivity contribution in [1.82, 2.24) is 0 Å². The summed E-state index contributed by atoms with van der Waals surface area (Å²) in [6, 6.07) is 9.49. The molecule has 1 aromatic rings. The molecule has 0 aliphatic carbocycles. The standard InChI is InChI=1S/C20H26O8/c1-12-17(11-24-13(2)21)28-20(27-15(4)23)19(26-14(3)22)18(12)25-10-16-8-6-5-7-9-16/h5-9,12,17-20H,10-11H2,1-4H3/t12-,17-,18+,19-,20+/m0/s1. The van der Waals surface area contributed by atoms with Gasteiger partial charge in [-0.15, -0.1) is 0 Å². The van der Waals surface area contributed by atoms with Crippen molar-refractivity contribution in [2.45, 2.75) is 58.9 Å². The van der Waals surface area contributed by atoms with E-state index in [1.54, 1.807) is 0 Å². The largest absolute Gasteiger partial charge is 0.463 e. The normalized spacial score (nSPS) is 26.9. The lowest BCUT2D eigenvalue weighted by atomic mass is 9.90. The maximum absolute atomic E-state index is 11.6. The zero-order chi connectivity index (χ0) is 20.7. The van der Waals surface area contributed by atoms with Crippen molar-refractivity contribution in [3.05, 3.63) is 35.9 Å². The van der Waals surface area contributed by atoms with Gasteiger partial charge in [0.15, 0.2) is 6.10 Å². The molecule has 0 saturated carbocycles. The Morgan fingerprint density at radius 2 is 1.57 bits per heavy atom. The van der Waals surface area contributed by atoms with Crippen LogP contribution >= 0.6 is 0 Å². The smallest absolute Gasteiger partial charge is 0.305 e. The van der Waals surface area contributed by atoms with Crippen LogP contribution in [0.3, 0.4) is 0 Å². The second-order valence-electron chi connectivity index (χ2n) is 6.65. The second kappa shape index (κ2) is 10.2. The Kier molecular flexibility index (Phi) is 7.95. The van der Waals surface area contributed by atoms with Gasteiger partial charge in [-0.3, -0.25) is 14.4 Å². The third-order valence-corrected chi connectivity index (χ3v) is 4.33. The van der Waals surface area contributed by atoms with E-state index in [2.05, 4.69) is 0 Å². The molecule has 1 aliphatic heterocycles. The van der Waals surface area contributed by atoms with Crippen molar-refractivity contribution in [1.29, 1.82) is 0 Å². The minimum Gasteiger partial charge on any atom is -0.463 e. The quantitative estimate of drug-likeness (QED) is 0.512. The van der Waals surface area contributed by atoms with E-state index in [0.29, 0.717) is 0 Å². The molecule has 1 fully saturated rings. The summed E-state index contributed by atoms with van der Waals surface area (Å²) in [4.78, 5) is 34.3. The van der Waals surface area contributed by atoms with E-state index in [-0.39, 0.29) is 19.1 Å². The average molecular weight is 394 g/mol. The van der Waals surface area contributed by atoms with Crippen LogP contribution in [0.25, 0.3) is 0 Å². The third-order valence-electron chi connectivity index (χ3n) is 4.33. The van der Waals surface area contributed by atoms with Crippen molar-refractivity contribution in [3.8, 4) is 0 Å². The van der Waals surface area contributed by atoms with Gasteiger partial charge in [-0.2, -0.15) is 0 Å². The van der Waals surface area contributed by atoms with Crippen LogP contribution in [0.2, 0.25) is 0 Å². The van der Waals surface area contributed by atoms with E-state index in [1.165, 1.54) is 20.8 Å². The fourth-order valence-electron chi connectivity index (χ4n) is 3.02.